The molecule has 17 heavy (non-hydrogen) atoms. The predicted octanol–water partition coefficient (Wildman–Crippen LogP) is 1.75. The fraction of sp³-hybridized carbons (Fsp3) is 1.00. The van der Waals surface area contributed by atoms with Crippen LogP contribution in [0.4, 0.5) is 0 Å². The topological polar surface area (TPSA) is 58.3 Å². The van der Waals surface area contributed by atoms with Gasteiger partial charge >= 0.3 is 0 Å². The van der Waals surface area contributed by atoms with Crippen molar-refractivity contribution in [1.82, 2.24) is 5.32 Å². The van der Waals surface area contributed by atoms with Gasteiger partial charge in [0.25, 0.3) is 0 Å². The molecule has 0 heterocycles. The first-order valence-electron chi connectivity index (χ1n) is 7.15. The zero-order valence-corrected chi connectivity index (χ0v) is 11.5. The van der Waals surface area contributed by atoms with Gasteiger partial charge in [0.2, 0.25) is 0 Å². The van der Waals surface area contributed by atoms with Crippen LogP contribution in [0.25, 0.3) is 0 Å². The number of nitrogens with one attached hydrogen (secondary N) is 1. The SMILES string of the molecule is CC(C)C(CN)CNCC1(CO)CCCCC1. The minimum absolute atomic E-state index is 0.147. The quantitative estimate of drug-likeness (QED) is 0.637. The molecule has 1 saturated carbocycles. The molecule has 0 spiro atoms. The van der Waals surface area contributed by atoms with E-state index in [1.165, 1.54) is 32.1 Å². The standard InChI is InChI=1S/C14H30N2O/c1-12(2)13(8-15)9-16-10-14(11-17)6-4-3-5-7-14/h12-13,16-17H,3-11,15H2,1-2H3. The number of hydrogen-bond acceptors (Lipinski definition) is 3. The van der Waals surface area contributed by atoms with Gasteiger partial charge in [0.15, 0.2) is 0 Å². The van der Waals surface area contributed by atoms with E-state index in [1.807, 2.05) is 0 Å². The summed E-state index contributed by atoms with van der Waals surface area (Å²) in [7, 11) is 0. The van der Waals surface area contributed by atoms with E-state index in [1.54, 1.807) is 0 Å². The third-order valence-electron chi connectivity index (χ3n) is 4.40. The van der Waals surface area contributed by atoms with Crippen LogP contribution in [-0.4, -0.2) is 31.3 Å². The first-order valence-corrected chi connectivity index (χ1v) is 7.15. The lowest BCUT2D eigenvalue weighted by molar-refractivity contribution is 0.0798. The Labute approximate surface area is 106 Å². The Morgan fingerprint density at radius 2 is 1.88 bits per heavy atom. The maximum absolute atomic E-state index is 9.61. The summed E-state index contributed by atoms with van der Waals surface area (Å²) >= 11 is 0. The Hall–Kier alpha value is -0.120. The number of aliphatic hydroxyl groups is 1. The zero-order chi connectivity index (χ0) is 12.7. The highest BCUT2D eigenvalue weighted by atomic mass is 16.3. The predicted molar refractivity (Wildman–Crippen MR) is 72.9 cm³/mol. The molecule has 102 valence electrons. The smallest absolute Gasteiger partial charge is 0.0499 e. The number of rotatable bonds is 7. The molecular weight excluding hydrogens is 212 g/mol. The Bertz CT molecular complexity index is 200. The van der Waals surface area contributed by atoms with Crippen LogP contribution in [0.3, 0.4) is 0 Å². The minimum Gasteiger partial charge on any atom is -0.396 e. The zero-order valence-electron chi connectivity index (χ0n) is 11.5. The van der Waals surface area contributed by atoms with Crippen LogP contribution in [0.1, 0.15) is 46.0 Å². The number of hydrogen-bond donors (Lipinski definition) is 3. The third kappa shape index (κ3) is 4.57. The summed E-state index contributed by atoms with van der Waals surface area (Å²) in [6.07, 6.45) is 6.22. The van der Waals surface area contributed by atoms with Crippen LogP contribution < -0.4 is 11.1 Å². The van der Waals surface area contributed by atoms with Gasteiger partial charge < -0.3 is 16.2 Å². The summed E-state index contributed by atoms with van der Waals surface area (Å²) in [5.41, 5.74) is 5.92. The van der Waals surface area contributed by atoms with Gasteiger partial charge in [-0.1, -0.05) is 33.1 Å². The Morgan fingerprint density at radius 3 is 2.35 bits per heavy atom. The summed E-state index contributed by atoms with van der Waals surface area (Å²) < 4.78 is 0. The highest BCUT2D eigenvalue weighted by Gasteiger charge is 2.31. The molecule has 3 heteroatoms. The first kappa shape index (κ1) is 14.9. The number of aliphatic hydroxyl groups excluding tert-OH is 1. The van der Waals surface area contributed by atoms with Crippen LogP contribution in [0.2, 0.25) is 0 Å². The highest BCUT2D eigenvalue weighted by Crippen LogP contribution is 2.35. The van der Waals surface area contributed by atoms with Gasteiger partial charge in [0.1, 0.15) is 0 Å². The van der Waals surface area contributed by atoms with Crippen LogP contribution in [0.5, 0.6) is 0 Å². The second-order valence-corrected chi connectivity index (χ2v) is 6.09. The molecule has 1 unspecified atom stereocenters. The molecule has 1 fully saturated rings. The summed E-state index contributed by atoms with van der Waals surface area (Å²) in [4.78, 5) is 0. The van der Waals surface area contributed by atoms with Gasteiger partial charge in [-0.3, -0.25) is 0 Å². The van der Waals surface area contributed by atoms with E-state index in [9.17, 15) is 5.11 Å². The van der Waals surface area contributed by atoms with E-state index in [0.29, 0.717) is 18.4 Å². The van der Waals surface area contributed by atoms with E-state index in [0.717, 1.165) is 19.6 Å². The van der Waals surface area contributed by atoms with Gasteiger partial charge in [0, 0.05) is 18.6 Å². The van der Waals surface area contributed by atoms with Crippen molar-refractivity contribution in [3.63, 3.8) is 0 Å². The van der Waals surface area contributed by atoms with Crippen molar-refractivity contribution in [3.8, 4) is 0 Å². The molecule has 3 nitrogen and oxygen atoms in total. The van der Waals surface area contributed by atoms with Crippen LogP contribution >= 0.6 is 0 Å². The maximum atomic E-state index is 9.61. The van der Waals surface area contributed by atoms with E-state index >= 15 is 0 Å². The third-order valence-corrected chi connectivity index (χ3v) is 4.40. The summed E-state index contributed by atoms with van der Waals surface area (Å²) in [5, 5.41) is 13.1. The molecule has 1 aliphatic rings. The fourth-order valence-electron chi connectivity index (χ4n) is 2.81. The van der Waals surface area contributed by atoms with Crippen molar-refractivity contribution in [2.75, 3.05) is 26.2 Å². The molecule has 1 rings (SSSR count). The maximum Gasteiger partial charge on any atom is 0.0499 e. The second kappa shape index (κ2) is 7.34. The average Bonchev–Trinajstić information content (AvgIpc) is 2.35. The molecule has 0 aromatic heterocycles. The van der Waals surface area contributed by atoms with Crippen molar-refractivity contribution in [2.24, 2.45) is 23.0 Å². The summed E-state index contributed by atoms with van der Waals surface area (Å²) in [6.45, 7) is 7.46. The average molecular weight is 242 g/mol. The highest BCUT2D eigenvalue weighted by molar-refractivity contribution is 4.84. The normalized spacial score (nSPS) is 21.7. The number of nitrogens with two attached hydrogens (primary N) is 1. The van der Waals surface area contributed by atoms with Crippen molar-refractivity contribution in [3.05, 3.63) is 0 Å². The molecule has 0 radical (unpaired) electrons. The minimum atomic E-state index is 0.147. The lowest BCUT2D eigenvalue weighted by atomic mass is 9.74. The van der Waals surface area contributed by atoms with Crippen molar-refractivity contribution in [2.45, 2.75) is 46.0 Å². The summed E-state index contributed by atoms with van der Waals surface area (Å²) in [6, 6.07) is 0. The second-order valence-electron chi connectivity index (χ2n) is 6.09. The van der Waals surface area contributed by atoms with Gasteiger partial charge in [-0.15, -0.1) is 0 Å². The molecule has 1 aliphatic carbocycles. The summed E-state index contributed by atoms with van der Waals surface area (Å²) in [5.74, 6) is 1.18. The van der Waals surface area contributed by atoms with E-state index < -0.39 is 0 Å². The Kier molecular flexibility index (Phi) is 6.45. The van der Waals surface area contributed by atoms with Crippen molar-refractivity contribution >= 4 is 0 Å². The molecule has 0 aromatic rings. The Balaban J connectivity index is 2.32. The van der Waals surface area contributed by atoms with E-state index in [4.69, 9.17) is 5.73 Å². The lowest BCUT2D eigenvalue weighted by Crippen LogP contribution is -2.42. The van der Waals surface area contributed by atoms with E-state index in [-0.39, 0.29) is 5.41 Å². The molecule has 4 N–H and O–H groups in total. The van der Waals surface area contributed by atoms with Gasteiger partial charge in [-0.25, -0.2) is 0 Å². The van der Waals surface area contributed by atoms with Gasteiger partial charge in [-0.2, -0.15) is 0 Å². The molecule has 0 aromatic carbocycles. The molecular formula is C14H30N2O. The van der Waals surface area contributed by atoms with Crippen LogP contribution in [0.15, 0.2) is 0 Å². The monoisotopic (exact) mass is 242 g/mol. The largest absolute Gasteiger partial charge is 0.396 e. The molecule has 0 bridgehead atoms. The van der Waals surface area contributed by atoms with Gasteiger partial charge in [0.05, 0.1) is 0 Å². The van der Waals surface area contributed by atoms with E-state index in [2.05, 4.69) is 19.2 Å². The van der Waals surface area contributed by atoms with Crippen molar-refractivity contribution in [1.29, 1.82) is 0 Å². The molecule has 0 aliphatic heterocycles. The molecule has 0 amide bonds. The molecule has 1 atom stereocenters. The fourth-order valence-corrected chi connectivity index (χ4v) is 2.81. The van der Waals surface area contributed by atoms with Gasteiger partial charge in [-0.05, 0) is 37.8 Å². The lowest BCUT2D eigenvalue weighted by Gasteiger charge is -2.36. The first-order chi connectivity index (χ1) is 8.13. The van der Waals surface area contributed by atoms with Crippen LogP contribution in [0, 0.1) is 17.3 Å². The van der Waals surface area contributed by atoms with Crippen molar-refractivity contribution < 1.29 is 5.11 Å². The molecule has 0 saturated heterocycles. The Morgan fingerprint density at radius 1 is 1.24 bits per heavy atom. The van der Waals surface area contributed by atoms with Crippen LogP contribution in [-0.2, 0) is 0 Å².